The molecule has 0 saturated carbocycles. The van der Waals surface area contributed by atoms with Gasteiger partial charge in [0.05, 0.1) is 6.10 Å². The monoisotopic (exact) mass is 241 g/mol. The smallest absolute Gasteiger partial charge is 0.332 e. The molecule has 2 saturated heterocycles. The molecule has 0 spiro atoms. The second-order valence-electron chi connectivity index (χ2n) is 5.35. The molecule has 17 heavy (non-hydrogen) atoms. The van der Waals surface area contributed by atoms with E-state index in [0.717, 1.165) is 13.0 Å². The summed E-state index contributed by atoms with van der Waals surface area (Å²) in [7, 11) is 0. The van der Waals surface area contributed by atoms with E-state index in [9.17, 15) is 4.79 Å². The number of nitrogens with zero attached hydrogens (tertiary/aromatic N) is 1. The van der Waals surface area contributed by atoms with E-state index in [2.05, 4.69) is 18.7 Å². The van der Waals surface area contributed by atoms with Gasteiger partial charge in [0.15, 0.2) is 6.10 Å². The Balaban J connectivity index is 1.87. The van der Waals surface area contributed by atoms with Gasteiger partial charge in [-0.3, -0.25) is 4.90 Å². The van der Waals surface area contributed by atoms with Crippen LogP contribution in [0.4, 0.5) is 0 Å². The van der Waals surface area contributed by atoms with E-state index in [4.69, 9.17) is 9.84 Å². The molecule has 0 aromatic rings. The summed E-state index contributed by atoms with van der Waals surface area (Å²) >= 11 is 0. The summed E-state index contributed by atoms with van der Waals surface area (Å²) in [5, 5.41) is 8.90. The Labute approximate surface area is 103 Å². The lowest BCUT2D eigenvalue weighted by atomic mass is 10.1. The van der Waals surface area contributed by atoms with Crippen molar-refractivity contribution < 1.29 is 14.6 Å². The van der Waals surface area contributed by atoms with Crippen LogP contribution in [0.15, 0.2) is 0 Å². The quantitative estimate of drug-likeness (QED) is 0.816. The molecule has 4 unspecified atom stereocenters. The van der Waals surface area contributed by atoms with Crippen molar-refractivity contribution in [2.24, 2.45) is 0 Å². The number of likely N-dealkylation sites (tertiary alicyclic amines) is 1. The molecule has 98 valence electrons. The molecule has 2 aliphatic heterocycles. The van der Waals surface area contributed by atoms with Crippen molar-refractivity contribution in [2.75, 3.05) is 6.54 Å². The molecule has 1 N–H and O–H groups in total. The summed E-state index contributed by atoms with van der Waals surface area (Å²) in [6.45, 7) is 5.40. The highest BCUT2D eigenvalue weighted by Gasteiger charge is 2.36. The third-order valence-electron chi connectivity index (χ3n) is 4.22. The number of aliphatic carboxylic acids is 1. The molecule has 2 rings (SSSR count). The molecule has 2 aliphatic rings. The van der Waals surface area contributed by atoms with Crippen LogP contribution in [0, 0.1) is 0 Å². The van der Waals surface area contributed by atoms with Crippen LogP contribution < -0.4 is 0 Å². The average Bonchev–Trinajstić information content (AvgIpc) is 2.88. The fraction of sp³-hybridized carbons (Fsp3) is 0.923. The zero-order valence-electron chi connectivity index (χ0n) is 10.8. The molecule has 0 aromatic heterocycles. The largest absolute Gasteiger partial charge is 0.479 e. The Morgan fingerprint density at radius 1 is 1.35 bits per heavy atom. The molecule has 4 atom stereocenters. The number of ether oxygens (including phenoxy) is 1. The Morgan fingerprint density at radius 3 is 2.71 bits per heavy atom. The highest BCUT2D eigenvalue weighted by Crippen LogP contribution is 2.29. The molecule has 2 heterocycles. The average molecular weight is 241 g/mol. The van der Waals surface area contributed by atoms with Gasteiger partial charge in [-0.2, -0.15) is 0 Å². The highest BCUT2D eigenvalue weighted by atomic mass is 16.5. The lowest BCUT2D eigenvalue weighted by Crippen LogP contribution is -2.40. The first kappa shape index (κ1) is 12.8. The molecule has 0 amide bonds. The van der Waals surface area contributed by atoms with Crippen molar-refractivity contribution >= 4 is 5.97 Å². The fourth-order valence-corrected chi connectivity index (χ4v) is 3.15. The molecule has 4 heteroatoms. The van der Waals surface area contributed by atoms with Gasteiger partial charge in [0, 0.05) is 18.6 Å². The summed E-state index contributed by atoms with van der Waals surface area (Å²) in [6, 6.07) is 1.28. The van der Waals surface area contributed by atoms with E-state index in [0.29, 0.717) is 18.5 Å². The number of rotatable bonds is 4. The third-order valence-corrected chi connectivity index (χ3v) is 4.22. The Bertz CT molecular complexity index is 282. The Kier molecular flexibility index (Phi) is 4.05. The van der Waals surface area contributed by atoms with Crippen molar-refractivity contribution in [1.82, 2.24) is 4.90 Å². The Morgan fingerprint density at radius 2 is 2.12 bits per heavy atom. The standard InChI is InChI=1S/C13H23NO3/c1-3-10-5-4-9(2)14(10)8-11-6-7-12(17-11)13(15)16/h9-12H,3-8H2,1-2H3,(H,15,16). The first-order valence-electron chi connectivity index (χ1n) is 6.75. The van der Waals surface area contributed by atoms with Crippen molar-refractivity contribution in [3.8, 4) is 0 Å². The maximum Gasteiger partial charge on any atom is 0.332 e. The van der Waals surface area contributed by atoms with Crippen LogP contribution in [0.3, 0.4) is 0 Å². The van der Waals surface area contributed by atoms with Crippen LogP contribution in [0.5, 0.6) is 0 Å². The number of hydrogen-bond donors (Lipinski definition) is 1. The van der Waals surface area contributed by atoms with Crippen LogP contribution >= 0.6 is 0 Å². The summed E-state index contributed by atoms with van der Waals surface area (Å²) in [4.78, 5) is 13.3. The summed E-state index contributed by atoms with van der Waals surface area (Å²) in [5.41, 5.74) is 0. The van der Waals surface area contributed by atoms with Gasteiger partial charge in [0.2, 0.25) is 0 Å². The minimum Gasteiger partial charge on any atom is -0.479 e. The summed E-state index contributed by atoms with van der Waals surface area (Å²) < 4.78 is 5.58. The number of carboxylic acids is 1. The second kappa shape index (κ2) is 5.36. The first-order chi connectivity index (χ1) is 8.11. The molecule has 0 bridgehead atoms. The van der Waals surface area contributed by atoms with Crippen LogP contribution in [0.2, 0.25) is 0 Å². The minimum absolute atomic E-state index is 0.116. The molecule has 0 aromatic carbocycles. The van der Waals surface area contributed by atoms with Gasteiger partial charge in [0.1, 0.15) is 0 Å². The highest BCUT2D eigenvalue weighted by molar-refractivity contribution is 5.72. The normalized spacial score (nSPS) is 38.7. The van der Waals surface area contributed by atoms with Crippen molar-refractivity contribution in [3.05, 3.63) is 0 Å². The van der Waals surface area contributed by atoms with Crippen molar-refractivity contribution in [1.29, 1.82) is 0 Å². The van der Waals surface area contributed by atoms with E-state index in [-0.39, 0.29) is 6.10 Å². The van der Waals surface area contributed by atoms with Gasteiger partial charge >= 0.3 is 5.97 Å². The van der Waals surface area contributed by atoms with E-state index in [1.807, 2.05) is 0 Å². The summed E-state index contributed by atoms with van der Waals surface area (Å²) in [5.74, 6) is -0.811. The maximum absolute atomic E-state index is 10.8. The molecular formula is C13H23NO3. The molecule has 2 fully saturated rings. The van der Waals surface area contributed by atoms with E-state index >= 15 is 0 Å². The topological polar surface area (TPSA) is 49.8 Å². The number of hydrogen-bond acceptors (Lipinski definition) is 3. The lowest BCUT2D eigenvalue weighted by Gasteiger charge is -2.30. The molecule has 0 aliphatic carbocycles. The predicted molar refractivity (Wildman–Crippen MR) is 65.0 cm³/mol. The molecular weight excluding hydrogens is 218 g/mol. The number of carboxylic acid groups (broad SMARTS) is 1. The van der Waals surface area contributed by atoms with Crippen LogP contribution in [0.25, 0.3) is 0 Å². The van der Waals surface area contributed by atoms with Crippen LogP contribution in [-0.4, -0.2) is 46.8 Å². The first-order valence-corrected chi connectivity index (χ1v) is 6.75. The van der Waals surface area contributed by atoms with Crippen LogP contribution in [-0.2, 0) is 9.53 Å². The maximum atomic E-state index is 10.8. The zero-order chi connectivity index (χ0) is 12.4. The van der Waals surface area contributed by atoms with Gasteiger partial charge in [-0.05, 0) is 39.0 Å². The number of carbonyl (C=O) groups is 1. The Hall–Kier alpha value is -0.610. The van der Waals surface area contributed by atoms with Gasteiger partial charge in [0.25, 0.3) is 0 Å². The SMILES string of the molecule is CCC1CCC(C)N1CC1CCC(C(=O)O)O1. The predicted octanol–water partition coefficient (Wildman–Crippen LogP) is 1.88. The van der Waals surface area contributed by atoms with E-state index < -0.39 is 12.1 Å². The van der Waals surface area contributed by atoms with E-state index in [1.54, 1.807) is 0 Å². The second-order valence-corrected chi connectivity index (χ2v) is 5.35. The fourth-order valence-electron chi connectivity index (χ4n) is 3.15. The van der Waals surface area contributed by atoms with Gasteiger partial charge in [-0.1, -0.05) is 6.92 Å². The van der Waals surface area contributed by atoms with Gasteiger partial charge < -0.3 is 9.84 Å². The van der Waals surface area contributed by atoms with Gasteiger partial charge in [-0.25, -0.2) is 4.79 Å². The zero-order valence-corrected chi connectivity index (χ0v) is 10.8. The van der Waals surface area contributed by atoms with Crippen molar-refractivity contribution in [3.63, 3.8) is 0 Å². The van der Waals surface area contributed by atoms with E-state index in [1.165, 1.54) is 19.3 Å². The third kappa shape index (κ3) is 2.80. The summed E-state index contributed by atoms with van der Waals surface area (Å²) in [6.07, 6.45) is 4.80. The lowest BCUT2D eigenvalue weighted by molar-refractivity contribution is -0.149. The van der Waals surface area contributed by atoms with Crippen molar-refractivity contribution in [2.45, 2.75) is 70.2 Å². The molecule has 4 nitrogen and oxygen atoms in total. The molecule has 0 radical (unpaired) electrons. The van der Waals surface area contributed by atoms with Gasteiger partial charge in [-0.15, -0.1) is 0 Å². The minimum atomic E-state index is -0.811. The van der Waals surface area contributed by atoms with Crippen LogP contribution in [0.1, 0.15) is 46.0 Å².